The van der Waals surface area contributed by atoms with Crippen LogP contribution in [0.5, 0.6) is 0 Å². The van der Waals surface area contributed by atoms with E-state index < -0.39 is 34.3 Å². The van der Waals surface area contributed by atoms with Crippen molar-refractivity contribution < 1.29 is 22.4 Å². The average molecular weight is 628 g/mol. The van der Waals surface area contributed by atoms with Gasteiger partial charge in [0.2, 0.25) is 11.8 Å². The molecule has 1 saturated carbocycles. The molecule has 7 nitrogen and oxygen atoms in total. The zero-order valence-corrected chi connectivity index (χ0v) is 26.1. The minimum atomic E-state index is -4.29. The summed E-state index contributed by atoms with van der Waals surface area (Å²) in [5.74, 6) is -1.37. The van der Waals surface area contributed by atoms with Crippen LogP contribution < -0.4 is 9.62 Å². The Kier molecular flexibility index (Phi) is 10.3. The van der Waals surface area contributed by atoms with Crippen LogP contribution in [0.2, 0.25) is 0 Å². The number of nitrogens with one attached hydrogen (secondary N) is 1. The average Bonchev–Trinajstić information content (AvgIpc) is 3.56. The van der Waals surface area contributed by atoms with Crippen molar-refractivity contribution in [3.05, 3.63) is 132 Å². The smallest absolute Gasteiger partial charge is 0.264 e. The Morgan fingerprint density at radius 1 is 0.822 bits per heavy atom. The molecular weight excluding hydrogens is 589 g/mol. The van der Waals surface area contributed by atoms with Crippen LogP contribution in [0.1, 0.15) is 42.4 Å². The van der Waals surface area contributed by atoms with E-state index in [4.69, 9.17) is 0 Å². The molecule has 0 bridgehead atoms. The number of carbonyl (C=O) groups is 2. The zero-order valence-electron chi connectivity index (χ0n) is 25.3. The predicted octanol–water partition coefficient (Wildman–Crippen LogP) is 6.03. The van der Waals surface area contributed by atoms with Crippen LogP contribution in [0.15, 0.2) is 114 Å². The molecule has 0 heterocycles. The number of amides is 2. The van der Waals surface area contributed by atoms with Gasteiger partial charge in [-0.15, -0.1) is 0 Å². The molecule has 1 aliphatic rings. The number of carbonyl (C=O) groups excluding carboxylic acids is 2. The lowest BCUT2D eigenvalue weighted by molar-refractivity contribution is -0.140. The molecule has 1 atom stereocenters. The second-order valence-electron chi connectivity index (χ2n) is 11.5. The maximum absolute atomic E-state index is 14.5. The SMILES string of the molecule is Cc1ccc(N(CC(=O)N(Cc2ccccc2)C(Cc2ccccc2)C(=O)NC2CCCC2)S(=O)(=O)c2ccc(F)cc2)cc1. The molecule has 5 rings (SSSR count). The second-order valence-corrected chi connectivity index (χ2v) is 13.4. The van der Waals surface area contributed by atoms with Crippen LogP contribution in [0.3, 0.4) is 0 Å². The van der Waals surface area contributed by atoms with E-state index in [1.165, 1.54) is 17.0 Å². The summed E-state index contributed by atoms with van der Waals surface area (Å²) >= 11 is 0. The van der Waals surface area contributed by atoms with Gasteiger partial charge >= 0.3 is 0 Å². The lowest BCUT2D eigenvalue weighted by atomic mass is 10.0. The first-order valence-electron chi connectivity index (χ1n) is 15.2. The summed E-state index contributed by atoms with van der Waals surface area (Å²) in [5, 5.41) is 3.17. The number of benzene rings is 4. The highest BCUT2D eigenvalue weighted by molar-refractivity contribution is 7.92. The normalized spacial score (nSPS) is 14.1. The van der Waals surface area contributed by atoms with E-state index in [2.05, 4.69) is 5.32 Å². The van der Waals surface area contributed by atoms with Crippen LogP contribution in [0, 0.1) is 12.7 Å². The van der Waals surface area contributed by atoms with E-state index in [9.17, 15) is 22.4 Å². The monoisotopic (exact) mass is 627 g/mol. The number of nitrogens with zero attached hydrogens (tertiary/aromatic N) is 2. The van der Waals surface area contributed by atoms with Crippen molar-refractivity contribution in [1.29, 1.82) is 0 Å². The Morgan fingerprint density at radius 3 is 2.00 bits per heavy atom. The highest BCUT2D eigenvalue weighted by Crippen LogP contribution is 2.26. The van der Waals surface area contributed by atoms with Gasteiger partial charge in [-0.05, 0) is 67.3 Å². The molecular formula is C36H38FN3O4S. The fraction of sp³-hybridized carbons (Fsp3) is 0.278. The van der Waals surface area contributed by atoms with Crippen molar-refractivity contribution >= 4 is 27.5 Å². The van der Waals surface area contributed by atoms with E-state index in [1.54, 1.807) is 24.3 Å². The third-order valence-electron chi connectivity index (χ3n) is 8.17. The Hall–Kier alpha value is -4.50. The Morgan fingerprint density at radius 2 is 1.40 bits per heavy atom. The van der Waals surface area contributed by atoms with Gasteiger partial charge in [-0.3, -0.25) is 13.9 Å². The van der Waals surface area contributed by atoms with Gasteiger partial charge in [-0.2, -0.15) is 0 Å². The number of anilines is 1. The third-order valence-corrected chi connectivity index (χ3v) is 9.96. The maximum atomic E-state index is 14.5. The van der Waals surface area contributed by atoms with Crippen LogP contribution in [-0.2, 0) is 32.6 Å². The molecule has 4 aromatic carbocycles. The van der Waals surface area contributed by atoms with Crippen LogP contribution in [0.25, 0.3) is 0 Å². The summed E-state index contributed by atoms with van der Waals surface area (Å²) in [6.07, 6.45) is 4.09. The first-order chi connectivity index (χ1) is 21.7. The quantitative estimate of drug-likeness (QED) is 0.208. The lowest BCUT2D eigenvalue weighted by Gasteiger charge is -2.34. The van der Waals surface area contributed by atoms with Crippen molar-refractivity contribution in [2.24, 2.45) is 0 Å². The molecule has 1 aliphatic carbocycles. The maximum Gasteiger partial charge on any atom is 0.264 e. The Labute approximate surface area is 264 Å². The van der Waals surface area contributed by atoms with Gasteiger partial charge in [0.15, 0.2) is 0 Å². The lowest BCUT2D eigenvalue weighted by Crippen LogP contribution is -2.54. The van der Waals surface area contributed by atoms with Crippen LogP contribution in [0.4, 0.5) is 10.1 Å². The molecule has 4 aromatic rings. The number of halogens is 1. The van der Waals surface area contributed by atoms with Crippen LogP contribution >= 0.6 is 0 Å². The van der Waals surface area contributed by atoms with E-state index in [0.29, 0.717) is 0 Å². The summed E-state index contributed by atoms with van der Waals surface area (Å²) in [6.45, 7) is 1.43. The van der Waals surface area contributed by atoms with E-state index in [0.717, 1.165) is 58.8 Å². The van der Waals surface area contributed by atoms with Crippen molar-refractivity contribution in [1.82, 2.24) is 10.2 Å². The van der Waals surface area contributed by atoms with Gasteiger partial charge in [0.1, 0.15) is 18.4 Å². The summed E-state index contributed by atoms with van der Waals surface area (Å²) in [6, 6.07) is 29.3. The van der Waals surface area contributed by atoms with E-state index in [1.807, 2.05) is 67.6 Å². The molecule has 45 heavy (non-hydrogen) atoms. The van der Waals surface area contributed by atoms with Gasteiger partial charge < -0.3 is 10.2 Å². The van der Waals surface area contributed by atoms with Gasteiger partial charge in [0.05, 0.1) is 10.6 Å². The zero-order chi connectivity index (χ0) is 31.8. The van der Waals surface area contributed by atoms with Crippen molar-refractivity contribution in [3.8, 4) is 0 Å². The summed E-state index contributed by atoms with van der Waals surface area (Å²) in [4.78, 5) is 29.8. The number of rotatable bonds is 12. The number of aryl methyl sites for hydroxylation is 1. The largest absolute Gasteiger partial charge is 0.352 e. The number of hydrogen-bond acceptors (Lipinski definition) is 4. The molecule has 0 spiro atoms. The van der Waals surface area contributed by atoms with Crippen molar-refractivity contribution in [3.63, 3.8) is 0 Å². The molecule has 1 unspecified atom stereocenters. The first-order valence-corrected chi connectivity index (χ1v) is 16.7. The van der Waals surface area contributed by atoms with Crippen molar-refractivity contribution in [2.45, 2.75) is 62.6 Å². The highest BCUT2D eigenvalue weighted by Gasteiger charge is 2.35. The number of hydrogen-bond donors (Lipinski definition) is 1. The second kappa shape index (κ2) is 14.5. The first kappa shape index (κ1) is 31.9. The molecule has 1 fully saturated rings. The highest BCUT2D eigenvalue weighted by atomic mass is 32.2. The topological polar surface area (TPSA) is 86.8 Å². The fourth-order valence-corrected chi connectivity index (χ4v) is 7.09. The third kappa shape index (κ3) is 8.16. The Balaban J connectivity index is 1.55. The van der Waals surface area contributed by atoms with Gasteiger partial charge in [0, 0.05) is 19.0 Å². The molecule has 2 amide bonds. The minimum Gasteiger partial charge on any atom is -0.352 e. The molecule has 9 heteroatoms. The molecule has 234 valence electrons. The summed E-state index contributed by atoms with van der Waals surface area (Å²) in [5.41, 5.74) is 2.89. The summed E-state index contributed by atoms with van der Waals surface area (Å²) in [7, 11) is -4.29. The molecule has 0 radical (unpaired) electrons. The molecule has 1 N–H and O–H groups in total. The predicted molar refractivity (Wildman–Crippen MR) is 173 cm³/mol. The fourth-order valence-electron chi connectivity index (χ4n) is 5.68. The van der Waals surface area contributed by atoms with Gasteiger partial charge in [-0.25, -0.2) is 12.8 Å². The van der Waals surface area contributed by atoms with E-state index >= 15 is 0 Å². The van der Waals surface area contributed by atoms with E-state index in [-0.39, 0.29) is 35.5 Å². The minimum absolute atomic E-state index is 0.0346. The van der Waals surface area contributed by atoms with Crippen molar-refractivity contribution in [2.75, 3.05) is 10.8 Å². The van der Waals surface area contributed by atoms with Crippen LogP contribution in [-0.4, -0.2) is 43.8 Å². The standard InChI is InChI=1S/C36H38FN3O4S/c1-27-16-20-32(21-17-27)40(45(43,44)33-22-18-30(37)19-23-33)26-35(41)39(25-29-12-6-3-7-13-29)34(24-28-10-4-2-5-11-28)36(42)38-31-14-8-9-15-31/h2-7,10-13,16-23,31,34H,8-9,14-15,24-26H2,1H3,(H,38,42). The summed E-state index contributed by atoms with van der Waals surface area (Å²) < 4.78 is 42.8. The molecule has 0 aliphatic heterocycles. The Bertz CT molecular complexity index is 1680. The molecule has 0 saturated heterocycles. The van der Waals surface area contributed by atoms with Gasteiger partial charge in [0.25, 0.3) is 10.0 Å². The van der Waals surface area contributed by atoms with Gasteiger partial charge in [-0.1, -0.05) is 91.2 Å². The molecule has 0 aromatic heterocycles. The number of sulfonamides is 1.